The van der Waals surface area contributed by atoms with Gasteiger partial charge in [0.25, 0.3) is 5.91 Å². The topological polar surface area (TPSA) is 86.4 Å². The molecule has 1 N–H and O–H groups in total. The first-order chi connectivity index (χ1) is 12.8. The van der Waals surface area contributed by atoms with E-state index < -0.39 is 9.84 Å². The molecule has 0 saturated carbocycles. The fourth-order valence-corrected chi connectivity index (χ4v) is 4.60. The minimum absolute atomic E-state index is 0.0337. The highest BCUT2D eigenvalue weighted by Crippen LogP contribution is 2.33. The van der Waals surface area contributed by atoms with E-state index in [2.05, 4.69) is 10.2 Å². The number of likely N-dealkylation sites (tertiary alicyclic amines) is 1. The minimum atomic E-state index is -3.47. The van der Waals surface area contributed by atoms with E-state index in [4.69, 9.17) is 0 Å². The van der Waals surface area contributed by atoms with Crippen LogP contribution in [0, 0.1) is 0 Å². The van der Waals surface area contributed by atoms with Crippen molar-refractivity contribution in [1.82, 2.24) is 20.0 Å². The Kier molecular flexibility index (Phi) is 5.67. The Morgan fingerprint density at radius 1 is 1.33 bits per heavy atom. The van der Waals surface area contributed by atoms with E-state index in [9.17, 15) is 13.2 Å². The SMILES string of the molecule is CCS(=O)(=O)c1ccccc1C(=O)N1CCCC1c1cc(CN(C)C)[nH]n1. The van der Waals surface area contributed by atoms with E-state index >= 15 is 0 Å². The van der Waals surface area contributed by atoms with Gasteiger partial charge in [-0.25, -0.2) is 8.42 Å². The molecule has 1 aromatic heterocycles. The number of aromatic nitrogens is 2. The quantitative estimate of drug-likeness (QED) is 0.817. The van der Waals surface area contributed by atoms with Crippen LogP contribution >= 0.6 is 0 Å². The Morgan fingerprint density at radius 3 is 2.78 bits per heavy atom. The van der Waals surface area contributed by atoms with Gasteiger partial charge in [-0.1, -0.05) is 19.1 Å². The summed E-state index contributed by atoms with van der Waals surface area (Å²) in [6.45, 7) is 2.93. The van der Waals surface area contributed by atoms with Crippen molar-refractivity contribution in [2.24, 2.45) is 0 Å². The van der Waals surface area contributed by atoms with Crippen molar-refractivity contribution in [1.29, 1.82) is 0 Å². The zero-order valence-electron chi connectivity index (χ0n) is 16.0. The fourth-order valence-electron chi connectivity index (χ4n) is 3.51. The van der Waals surface area contributed by atoms with Crippen molar-refractivity contribution in [2.45, 2.75) is 37.2 Å². The highest BCUT2D eigenvalue weighted by atomic mass is 32.2. The molecule has 3 rings (SSSR count). The molecule has 1 aliphatic rings. The second-order valence-electron chi connectivity index (χ2n) is 7.11. The molecule has 0 aliphatic carbocycles. The van der Waals surface area contributed by atoms with Crippen LogP contribution in [-0.2, 0) is 16.4 Å². The molecule has 7 nitrogen and oxygen atoms in total. The number of nitrogens with zero attached hydrogens (tertiary/aromatic N) is 3. The lowest BCUT2D eigenvalue weighted by Crippen LogP contribution is -2.32. The lowest BCUT2D eigenvalue weighted by Gasteiger charge is -2.24. The summed E-state index contributed by atoms with van der Waals surface area (Å²) in [5.41, 5.74) is 2.06. The molecular formula is C19H26N4O3S. The Hall–Kier alpha value is -2.19. The average Bonchev–Trinajstić information content (AvgIpc) is 3.29. The van der Waals surface area contributed by atoms with E-state index in [1.165, 1.54) is 6.07 Å². The van der Waals surface area contributed by atoms with Crippen LogP contribution in [0.4, 0.5) is 0 Å². The van der Waals surface area contributed by atoms with Gasteiger partial charge in [-0.2, -0.15) is 5.10 Å². The van der Waals surface area contributed by atoms with Crippen molar-refractivity contribution < 1.29 is 13.2 Å². The van der Waals surface area contributed by atoms with Gasteiger partial charge < -0.3 is 9.80 Å². The molecule has 1 saturated heterocycles. The minimum Gasteiger partial charge on any atom is -0.330 e. The number of hydrogen-bond acceptors (Lipinski definition) is 5. The Morgan fingerprint density at radius 2 is 2.07 bits per heavy atom. The second-order valence-corrected chi connectivity index (χ2v) is 9.36. The van der Waals surface area contributed by atoms with Gasteiger partial charge in [0.05, 0.1) is 27.9 Å². The predicted octanol–water partition coefficient (Wildman–Crippen LogP) is 2.24. The van der Waals surface area contributed by atoms with E-state index in [1.54, 1.807) is 30.0 Å². The molecule has 1 amide bonds. The molecule has 1 atom stereocenters. The van der Waals surface area contributed by atoms with Gasteiger partial charge in [0.1, 0.15) is 0 Å². The molecule has 1 fully saturated rings. The van der Waals surface area contributed by atoms with Crippen molar-refractivity contribution >= 4 is 15.7 Å². The normalized spacial score (nSPS) is 17.6. The summed E-state index contributed by atoms with van der Waals surface area (Å²) < 4.78 is 24.8. The molecule has 1 unspecified atom stereocenters. The molecular weight excluding hydrogens is 364 g/mol. The number of benzene rings is 1. The molecule has 2 heterocycles. The average molecular weight is 391 g/mol. The Balaban J connectivity index is 1.90. The third kappa shape index (κ3) is 4.06. The predicted molar refractivity (Wildman–Crippen MR) is 103 cm³/mol. The summed E-state index contributed by atoms with van der Waals surface area (Å²) in [4.78, 5) is 17.1. The van der Waals surface area contributed by atoms with Crippen molar-refractivity contribution in [3.05, 3.63) is 47.3 Å². The van der Waals surface area contributed by atoms with Gasteiger partial charge in [-0.3, -0.25) is 9.89 Å². The highest BCUT2D eigenvalue weighted by molar-refractivity contribution is 7.91. The van der Waals surface area contributed by atoms with Gasteiger partial charge in [0, 0.05) is 18.8 Å². The van der Waals surface area contributed by atoms with Crippen LogP contribution in [-0.4, -0.2) is 60.7 Å². The second kappa shape index (κ2) is 7.82. The monoisotopic (exact) mass is 390 g/mol. The van der Waals surface area contributed by atoms with Crippen LogP contribution in [0.1, 0.15) is 47.6 Å². The maximum Gasteiger partial charge on any atom is 0.255 e. The van der Waals surface area contributed by atoms with E-state index in [-0.39, 0.29) is 28.2 Å². The summed E-state index contributed by atoms with van der Waals surface area (Å²) in [5.74, 6) is -0.282. The van der Waals surface area contributed by atoms with Gasteiger partial charge in [-0.15, -0.1) is 0 Å². The molecule has 1 aliphatic heterocycles. The molecule has 2 aromatic rings. The van der Waals surface area contributed by atoms with Gasteiger partial charge in [0.15, 0.2) is 9.84 Å². The highest BCUT2D eigenvalue weighted by Gasteiger charge is 2.34. The summed E-state index contributed by atoms with van der Waals surface area (Å²) in [6, 6.07) is 8.33. The fraction of sp³-hybridized carbons (Fsp3) is 0.474. The zero-order valence-corrected chi connectivity index (χ0v) is 16.8. The molecule has 0 radical (unpaired) electrons. The van der Waals surface area contributed by atoms with Crippen molar-refractivity contribution in [2.75, 3.05) is 26.4 Å². The molecule has 146 valence electrons. The Labute approximate surface area is 160 Å². The van der Waals surface area contributed by atoms with E-state index in [0.717, 1.165) is 30.8 Å². The smallest absolute Gasteiger partial charge is 0.255 e. The summed E-state index contributed by atoms with van der Waals surface area (Å²) in [5, 5.41) is 7.43. The number of amides is 1. The van der Waals surface area contributed by atoms with Crippen LogP contribution < -0.4 is 0 Å². The summed E-state index contributed by atoms with van der Waals surface area (Å²) in [6.07, 6.45) is 1.69. The van der Waals surface area contributed by atoms with Crippen LogP contribution in [0.25, 0.3) is 0 Å². The number of carbonyl (C=O) groups is 1. The number of hydrogen-bond donors (Lipinski definition) is 1. The summed E-state index contributed by atoms with van der Waals surface area (Å²) >= 11 is 0. The number of nitrogens with one attached hydrogen (secondary N) is 1. The third-order valence-corrected chi connectivity index (χ3v) is 6.61. The lowest BCUT2D eigenvalue weighted by molar-refractivity contribution is 0.0729. The molecule has 27 heavy (non-hydrogen) atoms. The van der Waals surface area contributed by atoms with Crippen LogP contribution in [0.2, 0.25) is 0 Å². The standard InChI is InChI=1S/C19H26N4O3S/c1-4-27(25,26)18-10-6-5-8-15(18)19(24)23-11-7-9-17(23)16-12-14(20-21-16)13-22(2)3/h5-6,8,10,12,17H,4,7,9,11,13H2,1-3H3,(H,20,21). The van der Waals surface area contributed by atoms with Crippen molar-refractivity contribution in [3.8, 4) is 0 Å². The number of H-pyrrole nitrogens is 1. The molecule has 1 aromatic carbocycles. The zero-order chi connectivity index (χ0) is 19.6. The maximum atomic E-state index is 13.2. The van der Waals surface area contributed by atoms with Gasteiger partial charge in [-0.05, 0) is 45.1 Å². The lowest BCUT2D eigenvalue weighted by atomic mass is 10.1. The number of aromatic amines is 1. The first-order valence-electron chi connectivity index (χ1n) is 9.15. The third-order valence-electron chi connectivity index (χ3n) is 4.82. The molecule has 0 spiro atoms. The number of carbonyl (C=O) groups excluding carboxylic acids is 1. The van der Waals surface area contributed by atoms with E-state index in [0.29, 0.717) is 6.54 Å². The van der Waals surface area contributed by atoms with Crippen molar-refractivity contribution in [3.63, 3.8) is 0 Å². The number of sulfone groups is 1. The first-order valence-corrected chi connectivity index (χ1v) is 10.8. The van der Waals surface area contributed by atoms with Crippen LogP contribution in [0.3, 0.4) is 0 Å². The largest absolute Gasteiger partial charge is 0.330 e. The van der Waals surface area contributed by atoms with E-state index in [1.807, 2.05) is 25.1 Å². The van der Waals surface area contributed by atoms with Gasteiger partial charge >= 0.3 is 0 Å². The molecule has 0 bridgehead atoms. The number of rotatable bonds is 6. The van der Waals surface area contributed by atoms with Gasteiger partial charge in [0.2, 0.25) is 0 Å². The summed E-state index contributed by atoms with van der Waals surface area (Å²) in [7, 11) is 0.497. The van der Waals surface area contributed by atoms with Crippen LogP contribution in [0.15, 0.2) is 35.2 Å². The van der Waals surface area contributed by atoms with Crippen LogP contribution in [0.5, 0.6) is 0 Å². The Bertz CT molecular complexity index is 921. The first kappa shape index (κ1) is 19.6. The molecule has 8 heteroatoms. The maximum absolute atomic E-state index is 13.2.